The lowest BCUT2D eigenvalue weighted by molar-refractivity contribution is 0.238. The Kier molecular flexibility index (Phi) is 3.43. The van der Waals surface area contributed by atoms with E-state index < -0.39 is 0 Å². The number of anilines is 1. The van der Waals surface area contributed by atoms with Crippen molar-refractivity contribution in [3.05, 3.63) is 24.0 Å². The van der Waals surface area contributed by atoms with Crippen molar-refractivity contribution in [3.8, 4) is 0 Å². The largest absolute Gasteiger partial charge is 0.409 e. The van der Waals surface area contributed by atoms with E-state index in [1.165, 1.54) is 0 Å². The normalized spacial score (nSPS) is 20.9. The van der Waals surface area contributed by atoms with Crippen molar-refractivity contribution < 1.29 is 10.3 Å². The van der Waals surface area contributed by atoms with E-state index in [0.717, 1.165) is 25.2 Å². The predicted molar refractivity (Wildman–Crippen MR) is 64.2 cm³/mol. The van der Waals surface area contributed by atoms with Gasteiger partial charge in [0.25, 0.3) is 0 Å². The number of nitrogens with zero attached hydrogens (tertiary/aromatic N) is 3. The highest BCUT2D eigenvalue weighted by molar-refractivity contribution is 6.02. The fraction of sp³-hybridized carbons (Fsp3) is 0.455. The molecule has 0 spiro atoms. The summed E-state index contributed by atoms with van der Waals surface area (Å²) in [4.78, 5) is 6.16. The maximum absolute atomic E-state index is 9.12. The van der Waals surface area contributed by atoms with E-state index >= 15 is 0 Å². The van der Waals surface area contributed by atoms with Crippen LogP contribution in [0.1, 0.15) is 12.0 Å². The standard InChI is InChI=1S/C11H16N4O2/c12-11(14-17)9-1-3-13-5-10(9)15-4-2-8(6-15)7-16/h1,3,5,8,16-17H,2,4,6-7H2,(H2,12,14). The predicted octanol–water partition coefficient (Wildman–Crippen LogP) is -0.00530. The van der Waals surface area contributed by atoms with E-state index in [4.69, 9.17) is 16.0 Å². The Morgan fingerprint density at radius 1 is 1.65 bits per heavy atom. The molecular weight excluding hydrogens is 220 g/mol. The summed E-state index contributed by atoms with van der Waals surface area (Å²) in [6.07, 6.45) is 4.25. The monoisotopic (exact) mass is 236 g/mol. The second-order valence-corrected chi connectivity index (χ2v) is 4.16. The number of aliphatic hydroxyl groups excluding tert-OH is 1. The molecule has 2 rings (SSSR count). The van der Waals surface area contributed by atoms with Crippen molar-refractivity contribution in [2.24, 2.45) is 16.8 Å². The molecule has 2 heterocycles. The molecule has 4 N–H and O–H groups in total. The van der Waals surface area contributed by atoms with Gasteiger partial charge in [-0.1, -0.05) is 5.16 Å². The molecule has 0 aliphatic carbocycles. The van der Waals surface area contributed by atoms with Crippen molar-refractivity contribution in [2.75, 3.05) is 24.6 Å². The van der Waals surface area contributed by atoms with E-state index in [0.29, 0.717) is 5.56 Å². The van der Waals surface area contributed by atoms with Crippen LogP contribution < -0.4 is 10.6 Å². The van der Waals surface area contributed by atoms with Gasteiger partial charge in [-0.3, -0.25) is 4.98 Å². The first-order valence-corrected chi connectivity index (χ1v) is 5.54. The number of amidine groups is 1. The number of aromatic nitrogens is 1. The highest BCUT2D eigenvalue weighted by Crippen LogP contribution is 2.25. The number of pyridine rings is 1. The van der Waals surface area contributed by atoms with Gasteiger partial charge in [0.05, 0.1) is 11.9 Å². The average molecular weight is 236 g/mol. The Morgan fingerprint density at radius 3 is 3.12 bits per heavy atom. The Bertz CT molecular complexity index is 422. The number of nitrogens with two attached hydrogens (primary N) is 1. The molecule has 1 unspecified atom stereocenters. The Labute approximate surface area is 99.4 Å². The van der Waals surface area contributed by atoms with Gasteiger partial charge < -0.3 is 20.9 Å². The van der Waals surface area contributed by atoms with Crippen LogP contribution in [0.25, 0.3) is 0 Å². The van der Waals surface area contributed by atoms with Gasteiger partial charge in [-0.25, -0.2) is 0 Å². The molecule has 6 nitrogen and oxygen atoms in total. The summed E-state index contributed by atoms with van der Waals surface area (Å²) in [5.41, 5.74) is 7.14. The highest BCUT2D eigenvalue weighted by atomic mass is 16.4. The lowest BCUT2D eigenvalue weighted by Gasteiger charge is -2.20. The van der Waals surface area contributed by atoms with Crippen LogP contribution in [0.15, 0.2) is 23.6 Å². The summed E-state index contributed by atoms with van der Waals surface area (Å²) in [6, 6.07) is 1.72. The molecule has 1 saturated heterocycles. The number of oxime groups is 1. The summed E-state index contributed by atoms with van der Waals surface area (Å²) in [6.45, 7) is 1.81. The van der Waals surface area contributed by atoms with E-state index in [9.17, 15) is 0 Å². The smallest absolute Gasteiger partial charge is 0.172 e. The molecule has 0 radical (unpaired) electrons. The van der Waals surface area contributed by atoms with Crippen LogP contribution in [0.5, 0.6) is 0 Å². The molecule has 0 aromatic carbocycles. The molecule has 17 heavy (non-hydrogen) atoms. The lowest BCUT2D eigenvalue weighted by atomic mass is 10.1. The van der Waals surface area contributed by atoms with Gasteiger partial charge in [0, 0.05) is 37.4 Å². The van der Waals surface area contributed by atoms with Crippen molar-refractivity contribution in [2.45, 2.75) is 6.42 Å². The molecule has 1 atom stereocenters. The minimum atomic E-state index is 0.0786. The van der Waals surface area contributed by atoms with Crippen LogP contribution in [0.2, 0.25) is 0 Å². The molecule has 1 aliphatic rings. The van der Waals surface area contributed by atoms with Gasteiger partial charge in [-0.2, -0.15) is 0 Å². The molecule has 1 aromatic heterocycles. The summed E-state index contributed by atoms with van der Waals surface area (Å²) in [5.74, 6) is 0.366. The third kappa shape index (κ3) is 2.31. The third-order valence-electron chi connectivity index (χ3n) is 3.07. The van der Waals surface area contributed by atoms with Crippen LogP contribution in [0.3, 0.4) is 0 Å². The molecule has 1 aliphatic heterocycles. The number of aliphatic hydroxyl groups is 1. The van der Waals surface area contributed by atoms with Gasteiger partial charge in [-0.05, 0) is 12.5 Å². The van der Waals surface area contributed by atoms with Gasteiger partial charge in [0.1, 0.15) is 0 Å². The van der Waals surface area contributed by atoms with Gasteiger partial charge in [-0.15, -0.1) is 0 Å². The maximum Gasteiger partial charge on any atom is 0.172 e. The van der Waals surface area contributed by atoms with Crippen molar-refractivity contribution >= 4 is 11.5 Å². The van der Waals surface area contributed by atoms with Crippen molar-refractivity contribution in [1.82, 2.24) is 4.98 Å². The minimum Gasteiger partial charge on any atom is -0.409 e. The minimum absolute atomic E-state index is 0.0786. The first-order valence-electron chi connectivity index (χ1n) is 5.54. The fourth-order valence-corrected chi connectivity index (χ4v) is 2.11. The van der Waals surface area contributed by atoms with Crippen molar-refractivity contribution in [1.29, 1.82) is 0 Å². The SMILES string of the molecule is N/C(=N/O)c1ccncc1N1CCC(CO)C1. The number of hydrogen-bond acceptors (Lipinski definition) is 5. The fourth-order valence-electron chi connectivity index (χ4n) is 2.11. The molecular formula is C11H16N4O2. The second-order valence-electron chi connectivity index (χ2n) is 4.16. The van der Waals surface area contributed by atoms with E-state index in [1.807, 2.05) is 0 Å². The summed E-state index contributed by atoms with van der Waals surface area (Å²) in [5, 5.41) is 20.9. The molecule has 92 valence electrons. The summed E-state index contributed by atoms with van der Waals surface area (Å²) >= 11 is 0. The maximum atomic E-state index is 9.12. The van der Waals surface area contributed by atoms with E-state index in [1.54, 1.807) is 18.5 Å². The third-order valence-corrected chi connectivity index (χ3v) is 3.07. The van der Waals surface area contributed by atoms with E-state index in [-0.39, 0.29) is 18.4 Å². The molecule has 0 amide bonds. The second kappa shape index (κ2) is 5.01. The highest BCUT2D eigenvalue weighted by Gasteiger charge is 2.24. The van der Waals surface area contributed by atoms with Crippen LogP contribution >= 0.6 is 0 Å². The van der Waals surface area contributed by atoms with Crippen molar-refractivity contribution in [3.63, 3.8) is 0 Å². The zero-order chi connectivity index (χ0) is 12.3. The molecule has 6 heteroatoms. The zero-order valence-corrected chi connectivity index (χ0v) is 9.45. The average Bonchev–Trinajstić information content (AvgIpc) is 2.86. The quantitative estimate of drug-likeness (QED) is 0.297. The van der Waals surface area contributed by atoms with Crippen LogP contribution in [0, 0.1) is 5.92 Å². The Morgan fingerprint density at radius 2 is 2.47 bits per heavy atom. The molecule has 1 fully saturated rings. The van der Waals surface area contributed by atoms with Crippen LogP contribution in [-0.4, -0.2) is 40.8 Å². The van der Waals surface area contributed by atoms with Crippen LogP contribution in [0.4, 0.5) is 5.69 Å². The zero-order valence-electron chi connectivity index (χ0n) is 9.45. The van der Waals surface area contributed by atoms with Gasteiger partial charge in [0.15, 0.2) is 5.84 Å². The van der Waals surface area contributed by atoms with Gasteiger partial charge >= 0.3 is 0 Å². The summed E-state index contributed by atoms with van der Waals surface area (Å²) in [7, 11) is 0. The Balaban J connectivity index is 2.27. The lowest BCUT2D eigenvalue weighted by Crippen LogP contribution is -2.25. The number of rotatable bonds is 3. The Hall–Kier alpha value is -1.82. The van der Waals surface area contributed by atoms with Gasteiger partial charge in [0.2, 0.25) is 0 Å². The molecule has 1 aromatic rings. The first kappa shape index (κ1) is 11.7. The molecule has 0 saturated carbocycles. The van der Waals surface area contributed by atoms with Crippen LogP contribution in [-0.2, 0) is 0 Å². The molecule has 0 bridgehead atoms. The summed E-state index contributed by atoms with van der Waals surface area (Å²) < 4.78 is 0. The topological polar surface area (TPSA) is 95.0 Å². The van der Waals surface area contributed by atoms with E-state index in [2.05, 4.69) is 15.0 Å². The first-order chi connectivity index (χ1) is 8.26. The number of hydrogen-bond donors (Lipinski definition) is 3.